The molecule has 0 radical (unpaired) electrons. The van der Waals surface area contributed by atoms with E-state index in [1.165, 1.54) is 19.3 Å². The number of ether oxygens (including phenoxy) is 1. The maximum Gasteiger partial charge on any atom is 0.153 e. The van der Waals surface area contributed by atoms with Gasteiger partial charge in [0.15, 0.2) is 9.84 Å². The summed E-state index contributed by atoms with van der Waals surface area (Å²) in [4.78, 5) is 0. The Morgan fingerprint density at radius 3 is 2.42 bits per heavy atom. The van der Waals surface area contributed by atoms with E-state index in [1.807, 2.05) is 0 Å². The Labute approximate surface area is 116 Å². The fourth-order valence-corrected chi connectivity index (χ4v) is 5.64. The van der Waals surface area contributed by atoms with E-state index < -0.39 is 9.84 Å². The first-order chi connectivity index (χ1) is 9.07. The van der Waals surface area contributed by atoms with Crippen LogP contribution in [0.1, 0.15) is 44.9 Å². The molecule has 2 saturated heterocycles. The quantitative estimate of drug-likeness (QED) is 0.851. The summed E-state index contributed by atoms with van der Waals surface area (Å²) in [7, 11) is -2.95. The summed E-state index contributed by atoms with van der Waals surface area (Å²) in [6.07, 6.45) is 8.02. The second-order valence-corrected chi connectivity index (χ2v) is 8.78. The molecule has 0 aromatic rings. The van der Waals surface area contributed by atoms with Gasteiger partial charge in [-0.3, -0.25) is 0 Å². The highest BCUT2D eigenvalue weighted by atomic mass is 32.2. The van der Waals surface area contributed by atoms with Gasteiger partial charge in [-0.15, -0.1) is 0 Å². The van der Waals surface area contributed by atoms with Crippen LogP contribution >= 0.6 is 0 Å². The molecule has 19 heavy (non-hydrogen) atoms. The maximum absolute atomic E-state index is 12.2. The zero-order chi connectivity index (χ0) is 13.3. The highest BCUT2D eigenvalue weighted by Gasteiger charge is 2.42. The molecule has 0 aromatic heterocycles. The Kier molecular flexibility index (Phi) is 3.89. The van der Waals surface area contributed by atoms with E-state index in [2.05, 4.69) is 5.32 Å². The summed E-state index contributed by atoms with van der Waals surface area (Å²) in [5, 5.41) is 3.13. The van der Waals surface area contributed by atoms with E-state index >= 15 is 0 Å². The van der Waals surface area contributed by atoms with Crippen molar-refractivity contribution in [1.82, 2.24) is 5.32 Å². The molecule has 1 unspecified atom stereocenters. The lowest BCUT2D eigenvalue weighted by atomic mass is 9.83. The summed E-state index contributed by atoms with van der Waals surface area (Å²) in [5.41, 5.74) is 0.0382. The van der Waals surface area contributed by atoms with Gasteiger partial charge in [0.05, 0.1) is 23.2 Å². The van der Waals surface area contributed by atoms with Crippen LogP contribution in [0.15, 0.2) is 0 Å². The highest BCUT2D eigenvalue weighted by Crippen LogP contribution is 2.42. The van der Waals surface area contributed by atoms with Crippen molar-refractivity contribution in [3.8, 4) is 0 Å². The Bertz CT molecular complexity index is 410. The number of nitrogens with one attached hydrogen (secondary N) is 1. The Balaban J connectivity index is 1.53. The molecular formula is C14H25NO3S. The van der Waals surface area contributed by atoms with Gasteiger partial charge < -0.3 is 10.1 Å². The summed E-state index contributed by atoms with van der Waals surface area (Å²) >= 11 is 0. The lowest BCUT2D eigenvalue weighted by Gasteiger charge is -2.33. The molecule has 0 bridgehead atoms. The Morgan fingerprint density at radius 1 is 1.05 bits per heavy atom. The highest BCUT2D eigenvalue weighted by molar-refractivity contribution is 7.91. The van der Waals surface area contributed by atoms with Crippen LogP contribution in [0.2, 0.25) is 0 Å². The van der Waals surface area contributed by atoms with Crippen molar-refractivity contribution in [3.05, 3.63) is 0 Å². The molecule has 1 aliphatic carbocycles. The molecule has 110 valence electrons. The van der Waals surface area contributed by atoms with Crippen LogP contribution in [-0.4, -0.2) is 44.7 Å². The summed E-state index contributed by atoms with van der Waals surface area (Å²) in [6.45, 7) is 1.71. The summed E-state index contributed by atoms with van der Waals surface area (Å²) in [6, 6.07) is 0. The van der Waals surface area contributed by atoms with Gasteiger partial charge in [0.1, 0.15) is 0 Å². The van der Waals surface area contributed by atoms with Gasteiger partial charge in [-0.1, -0.05) is 19.3 Å². The summed E-state index contributed by atoms with van der Waals surface area (Å²) < 4.78 is 30.5. The minimum absolute atomic E-state index is 0.0382. The molecule has 5 heteroatoms. The van der Waals surface area contributed by atoms with Gasteiger partial charge in [-0.2, -0.15) is 0 Å². The number of rotatable bonds is 4. The fourth-order valence-electron chi connectivity index (χ4n) is 3.75. The average Bonchev–Trinajstić information content (AvgIpc) is 2.67. The standard InChI is InChI=1S/C14H25NO3S/c16-19(17,10-12-8-15-9-12)11-13-4-7-14(18-13)5-2-1-3-6-14/h12-13,15H,1-11H2. The van der Waals surface area contributed by atoms with Crippen LogP contribution in [0, 0.1) is 5.92 Å². The fraction of sp³-hybridized carbons (Fsp3) is 1.00. The number of sulfone groups is 1. The smallest absolute Gasteiger partial charge is 0.153 e. The van der Waals surface area contributed by atoms with Gasteiger partial charge in [0.25, 0.3) is 0 Å². The minimum Gasteiger partial charge on any atom is -0.371 e. The van der Waals surface area contributed by atoms with Crippen LogP contribution in [0.25, 0.3) is 0 Å². The molecule has 0 aromatic carbocycles. The van der Waals surface area contributed by atoms with Crippen LogP contribution < -0.4 is 5.32 Å². The van der Waals surface area contributed by atoms with Crippen molar-refractivity contribution in [3.63, 3.8) is 0 Å². The predicted octanol–water partition coefficient (Wildman–Crippen LogP) is 1.50. The van der Waals surface area contributed by atoms with Gasteiger partial charge in [-0.25, -0.2) is 8.42 Å². The van der Waals surface area contributed by atoms with Crippen molar-refractivity contribution >= 4 is 9.84 Å². The number of hydrogen-bond acceptors (Lipinski definition) is 4. The molecule has 4 nitrogen and oxygen atoms in total. The lowest BCUT2D eigenvalue weighted by Crippen LogP contribution is -2.46. The Morgan fingerprint density at radius 2 is 1.79 bits per heavy atom. The molecule has 3 fully saturated rings. The first-order valence-electron chi connectivity index (χ1n) is 7.66. The molecule has 3 rings (SSSR count). The Hall–Kier alpha value is -0.130. The summed E-state index contributed by atoms with van der Waals surface area (Å²) in [5.74, 6) is 0.910. The van der Waals surface area contributed by atoms with E-state index in [0.717, 1.165) is 38.8 Å². The van der Waals surface area contributed by atoms with E-state index in [0.29, 0.717) is 11.7 Å². The predicted molar refractivity (Wildman–Crippen MR) is 74.9 cm³/mol. The molecule has 2 aliphatic heterocycles. The third kappa shape index (κ3) is 3.31. The largest absolute Gasteiger partial charge is 0.371 e. The lowest BCUT2D eigenvalue weighted by molar-refractivity contribution is -0.0559. The van der Waals surface area contributed by atoms with Crippen molar-refractivity contribution in [2.45, 2.75) is 56.7 Å². The molecule has 3 aliphatic rings. The molecule has 0 amide bonds. The molecular weight excluding hydrogens is 262 g/mol. The van der Waals surface area contributed by atoms with Crippen LogP contribution in [0.4, 0.5) is 0 Å². The van der Waals surface area contributed by atoms with E-state index in [4.69, 9.17) is 4.74 Å². The van der Waals surface area contributed by atoms with Gasteiger partial charge in [-0.05, 0) is 31.6 Å². The monoisotopic (exact) mass is 287 g/mol. The zero-order valence-corrected chi connectivity index (χ0v) is 12.4. The van der Waals surface area contributed by atoms with Gasteiger partial charge >= 0.3 is 0 Å². The van der Waals surface area contributed by atoms with E-state index in [-0.39, 0.29) is 17.5 Å². The second-order valence-electron chi connectivity index (χ2n) is 6.62. The van der Waals surface area contributed by atoms with E-state index in [1.54, 1.807) is 0 Å². The topological polar surface area (TPSA) is 55.4 Å². The molecule has 1 atom stereocenters. The molecule has 1 saturated carbocycles. The van der Waals surface area contributed by atoms with Crippen LogP contribution in [0.3, 0.4) is 0 Å². The minimum atomic E-state index is -2.95. The average molecular weight is 287 g/mol. The van der Waals surface area contributed by atoms with Crippen molar-refractivity contribution in [1.29, 1.82) is 0 Å². The van der Waals surface area contributed by atoms with Crippen molar-refractivity contribution in [2.24, 2.45) is 5.92 Å². The molecule has 1 N–H and O–H groups in total. The maximum atomic E-state index is 12.2. The third-order valence-electron chi connectivity index (χ3n) is 4.90. The second kappa shape index (κ2) is 5.34. The first kappa shape index (κ1) is 13.8. The first-order valence-corrected chi connectivity index (χ1v) is 9.48. The number of hydrogen-bond donors (Lipinski definition) is 1. The third-order valence-corrected chi connectivity index (χ3v) is 6.76. The zero-order valence-electron chi connectivity index (χ0n) is 11.6. The SMILES string of the molecule is O=S(=O)(CC1CNC1)CC1CCC2(CCCCC2)O1. The normalized spacial score (nSPS) is 31.5. The molecule has 1 spiro atoms. The van der Waals surface area contributed by atoms with Gasteiger partial charge in [0.2, 0.25) is 0 Å². The molecule has 2 heterocycles. The van der Waals surface area contributed by atoms with Crippen molar-refractivity contribution < 1.29 is 13.2 Å². The van der Waals surface area contributed by atoms with Crippen molar-refractivity contribution in [2.75, 3.05) is 24.6 Å². The van der Waals surface area contributed by atoms with Crippen LogP contribution in [-0.2, 0) is 14.6 Å². The van der Waals surface area contributed by atoms with Gasteiger partial charge in [0, 0.05) is 13.1 Å². The van der Waals surface area contributed by atoms with Crippen LogP contribution in [0.5, 0.6) is 0 Å². The van der Waals surface area contributed by atoms with E-state index in [9.17, 15) is 8.42 Å².